The van der Waals surface area contributed by atoms with Gasteiger partial charge < -0.3 is 5.32 Å². The smallest absolute Gasteiger partial charge is 0.269 e. The van der Waals surface area contributed by atoms with Gasteiger partial charge in [0.1, 0.15) is 0 Å². The highest BCUT2D eigenvalue weighted by Gasteiger charge is 2.04. The van der Waals surface area contributed by atoms with E-state index in [0.717, 1.165) is 0 Å². The molecule has 0 atom stereocenters. The number of halogens is 1. The maximum atomic E-state index is 10.9. The number of nitro benzene ring substituents is 1. The Labute approximate surface area is 91.2 Å². The zero-order valence-corrected chi connectivity index (χ0v) is 8.53. The molecule has 0 fully saturated rings. The van der Waals surface area contributed by atoms with Gasteiger partial charge in [0.2, 0.25) is 0 Å². The summed E-state index contributed by atoms with van der Waals surface area (Å²) in [4.78, 5) is 20.7. The van der Waals surface area contributed by atoms with Crippen molar-refractivity contribution in [1.29, 1.82) is 0 Å². The summed E-state index contributed by atoms with van der Waals surface area (Å²) in [6.07, 6.45) is 0. The van der Waals surface area contributed by atoms with Crippen molar-refractivity contribution in [2.45, 2.75) is 0 Å². The number of rotatable bonds is 5. The number of nitrogens with one attached hydrogen (secondary N) is 1. The number of Topliss-reactive ketones (excluding diaryl/α,β-unsaturated/α-hetero) is 1. The molecule has 0 aliphatic rings. The van der Waals surface area contributed by atoms with E-state index in [2.05, 4.69) is 5.32 Å². The van der Waals surface area contributed by atoms with Crippen LogP contribution in [0.15, 0.2) is 24.3 Å². The Morgan fingerprint density at radius 1 is 1.40 bits per heavy atom. The highest BCUT2D eigenvalue weighted by Crippen LogP contribution is 2.14. The van der Waals surface area contributed by atoms with E-state index in [1.807, 2.05) is 0 Å². The average molecular weight is 229 g/mol. The predicted molar refractivity (Wildman–Crippen MR) is 57.3 cm³/mol. The molecule has 15 heavy (non-hydrogen) atoms. The fourth-order valence-corrected chi connectivity index (χ4v) is 1.04. The van der Waals surface area contributed by atoms with Crippen LogP contribution in [0, 0.1) is 10.1 Å². The zero-order chi connectivity index (χ0) is 11.3. The number of carbonyl (C=O) groups excluding carboxylic acids is 1. The van der Waals surface area contributed by atoms with Gasteiger partial charge in [-0.1, -0.05) is 0 Å². The van der Waals surface area contributed by atoms with Gasteiger partial charge >= 0.3 is 0 Å². The van der Waals surface area contributed by atoms with E-state index >= 15 is 0 Å². The van der Waals surface area contributed by atoms with Gasteiger partial charge in [0.05, 0.1) is 17.3 Å². The number of nitrogens with zero attached hydrogens (tertiary/aromatic N) is 1. The fraction of sp³-hybridized carbons (Fsp3) is 0.222. The Morgan fingerprint density at radius 3 is 2.47 bits per heavy atom. The standard InChI is InChI=1S/C9H9ClN2O3/c10-5-9(13)6-11-7-1-3-8(4-2-7)12(14)15/h1-4,11H,5-6H2. The number of ketones is 1. The molecule has 1 aromatic rings. The van der Waals surface area contributed by atoms with Gasteiger partial charge in [-0.15, -0.1) is 11.6 Å². The third-order valence-electron chi connectivity index (χ3n) is 1.72. The summed E-state index contributed by atoms with van der Waals surface area (Å²) in [5, 5.41) is 13.1. The van der Waals surface area contributed by atoms with E-state index in [0.29, 0.717) is 5.69 Å². The molecule has 6 heteroatoms. The number of hydrogen-bond donors (Lipinski definition) is 1. The van der Waals surface area contributed by atoms with Gasteiger partial charge in [0, 0.05) is 17.8 Å². The molecule has 0 bridgehead atoms. The number of carbonyl (C=O) groups is 1. The van der Waals surface area contributed by atoms with Crippen molar-refractivity contribution in [3.05, 3.63) is 34.4 Å². The number of nitro groups is 1. The van der Waals surface area contributed by atoms with E-state index in [4.69, 9.17) is 11.6 Å². The number of hydrogen-bond acceptors (Lipinski definition) is 4. The molecule has 0 aliphatic carbocycles. The van der Waals surface area contributed by atoms with E-state index in [1.54, 1.807) is 12.1 Å². The van der Waals surface area contributed by atoms with Crippen molar-refractivity contribution in [1.82, 2.24) is 0 Å². The number of alkyl halides is 1. The fourth-order valence-electron chi connectivity index (χ4n) is 0.949. The van der Waals surface area contributed by atoms with Crippen molar-refractivity contribution in [3.8, 4) is 0 Å². The Morgan fingerprint density at radius 2 is 2.00 bits per heavy atom. The van der Waals surface area contributed by atoms with Crippen LogP contribution >= 0.6 is 11.6 Å². The van der Waals surface area contributed by atoms with Gasteiger partial charge in [0.25, 0.3) is 5.69 Å². The molecule has 0 heterocycles. The molecular weight excluding hydrogens is 220 g/mol. The van der Waals surface area contributed by atoms with Crippen molar-refractivity contribution in [3.63, 3.8) is 0 Å². The van der Waals surface area contributed by atoms with Crippen molar-refractivity contribution in [2.75, 3.05) is 17.7 Å². The summed E-state index contributed by atoms with van der Waals surface area (Å²) in [5.41, 5.74) is 0.670. The summed E-state index contributed by atoms with van der Waals surface area (Å²) in [6.45, 7) is 0.126. The number of non-ortho nitro benzene ring substituents is 1. The second kappa shape index (κ2) is 5.31. The van der Waals surface area contributed by atoms with Crippen LogP contribution in [0.4, 0.5) is 11.4 Å². The topological polar surface area (TPSA) is 72.2 Å². The highest BCUT2D eigenvalue weighted by molar-refractivity contribution is 6.28. The minimum Gasteiger partial charge on any atom is -0.378 e. The lowest BCUT2D eigenvalue weighted by molar-refractivity contribution is -0.384. The maximum absolute atomic E-state index is 10.9. The summed E-state index contributed by atoms with van der Waals surface area (Å²) >= 11 is 5.31. The normalized spacial score (nSPS) is 9.67. The molecule has 1 rings (SSSR count). The van der Waals surface area contributed by atoms with E-state index in [9.17, 15) is 14.9 Å². The summed E-state index contributed by atoms with van der Waals surface area (Å²) in [6, 6.07) is 5.82. The Balaban J connectivity index is 2.57. The van der Waals surface area contributed by atoms with Gasteiger partial charge in [-0.25, -0.2) is 0 Å². The third-order valence-corrected chi connectivity index (χ3v) is 2.01. The van der Waals surface area contributed by atoms with Crippen LogP contribution < -0.4 is 5.32 Å². The quantitative estimate of drug-likeness (QED) is 0.474. The summed E-state index contributed by atoms with van der Waals surface area (Å²) in [7, 11) is 0. The molecule has 5 nitrogen and oxygen atoms in total. The van der Waals surface area contributed by atoms with Gasteiger partial charge in [-0.2, -0.15) is 0 Å². The first-order valence-corrected chi connectivity index (χ1v) is 4.73. The molecule has 0 aromatic heterocycles. The minimum atomic E-state index is -0.478. The van der Waals surface area contributed by atoms with E-state index in [1.165, 1.54) is 12.1 Å². The Kier molecular flexibility index (Phi) is 4.05. The Hall–Kier alpha value is -1.62. The molecular formula is C9H9ClN2O3. The second-order valence-corrected chi connectivity index (χ2v) is 3.10. The lowest BCUT2D eigenvalue weighted by Gasteiger charge is -2.03. The predicted octanol–water partition coefficient (Wildman–Crippen LogP) is 1.81. The molecule has 0 saturated carbocycles. The van der Waals surface area contributed by atoms with Crippen LogP contribution in [-0.4, -0.2) is 23.1 Å². The van der Waals surface area contributed by atoms with E-state index in [-0.39, 0.29) is 23.9 Å². The van der Waals surface area contributed by atoms with Gasteiger partial charge in [-0.3, -0.25) is 14.9 Å². The maximum Gasteiger partial charge on any atom is 0.269 e. The molecule has 0 unspecified atom stereocenters. The molecule has 1 aromatic carbocycles. The van der Waals surface area contributed by atoms with Crippen LogP contribution in [0.25, 0.3) is 0 Å². The number of anilines is 1. The molecule has 80 valence electrons. The molecule has 0 spiro atoms. The number of benzene rings is 1. The molecule has 0 amide bonds. The van der Waals surface area contributed by atoms with Crippen molar-refractivity contribution >= 4 is 28.8 Å². The largest absolute Gasteiger partial charge is 0.378 e. The highest BCUT2D eigenvalue weighted by atomic mass is 35.5. The molecule has 0 saturated heterocycles. The van der Waals surface area contributed by atoms with Gasteiger partial charge in [-0.05, 0) is 12.1 Å². The first kappa shape index (κ1) is 11.5. The summed E-state index contributed by atoms with van der Waals surface area (Å²) in [5.74, 6) is -0.171. The first-order valence-electron chi connectivity index (χ1n) is 4.19. The summed E-state index contributed by atoms with van der Waals surface area (Å²) < 4.78 is 0. The lowest BCUT2D eigenvalue weighted by atomic mass is 10.3. The average Bonchev–Trinajstić information content (AvgIpc) is 2.26. The Bertz CT molecular complexity index is 364. The monoisotopic (exact) mass is 228 g/mol. The zero-order valence-electron chi connectivity index (χ0n) is 7.77. The van der Waals surface area contributed by atoms with Crippen LogP contribution in [0.2, 0.25) is 0 Å². The second-order valence-electron chi connectivity index (χ2n) is 2.83. The van der Waals surface area contributed by atoms with Gasteiger partial charge in [0.15, 0.2) is 5.78 Å². The first-order chi connectivity index (χ1) is 7.13. The molecule has 0 radical (unpaired) electrons. The van der Waals surface area contributed by atoms with E-state index < -0.39 is 4.92 Å². The van der Waals surface area contributed by atoms with Crippen LogP contribution in [0.1, 0.15) is 0 Å². The lowest BCUT2D eigenvalue weighted by Crippen LogP contribution is -2.14. The van der Waals surface area contributed by atoms with Crippen LogP contribution in [-0.2, 0) is 4.79 Å². The molecule has 0 aliphatic heterocycles. The van der Waals surface area contributed by atoms with Crippen LogP contribution in [0.3, 0.4) is 0 Å². The SMILES string of the molecule is O=C(CCl)CNc1ccc([N+](=O)[O-])cc1. The van der Waals surface area contributed by atoms with Crippen LogP contribution in [0.5, 0.6) is 0 Å². The minimum absolute atomic E-state index is 0.0178. The molecule has 1 N–H and O–H groups in total. The third kappa shape index (κ3) is 3.55. The van der Waals surface area contributed by atoms with Crippen molar-refractivity contribution in [2.24, 2.45) is 0 Å². The van der Waals surface area contributed by atoms with Crippen molar-refractivity contribution < 1.29 is 9.72 Å².